The molecule has 6 heteroatoms. The molecule has 0 aliphatic rings. The molecule has 2 nitrogen and oxygen atoms in total. The minimum absolute atomic E-state index is 0.224. The number of thiophene rings is 1. The molecule has 0 saturated carbocycles. The van der Waals surface area contributed by atoms with Crippen molar-refractivity contribution in [2.24, 2.45) is 0 Å². The van der Waals surface area contributed by atoms with Crippen molar-refractivity contribution in [3.8, 4) is 0 Å². The quantitative estimate of drug-likeness (QED) is 0.767. The Kier molecular flexibility index (Phi) is 4.19. The maximum Gasteiger partial charge on any atom is 0.257 e. The lowest BCUT2D eigenvalue weighted by molar-refractivity contribution is 0.102. The fourth-order valence-electron chi connectivity index (χ4n) is 1.45. The number of carbonyl (C=O) groups excluding carboxylic acids is 1. The molecule has 1 aromatic carbocycles. The van der Waals surface area contributed by atoms with Gasteiger partial charge in [0.05, 0.1) is 13.1 Å². The van der Waals surface area contributed by atoms with Crippen LogP contribution in [0.4, 0.5) is 10.1 Å². The van der Waals surface area contributed by atoms with E-state index in [-0.39, 0.29) is 11.7 Å². The summed E-state index contributed by atoms with van der Waals surface area (Å²) >= 11 is 8.08. The van der Waals surface area contributed by atoms with E-state index in [9.17, 15) is 9.18 Å². The summed E-state index contributed by atoms with van der Waals surface area (Å²) in [6, 6.07) is 6.00. The van der Waals surface area contributed by atoms with Gasteiger partial charge in [0, 0.05) is 5.69 Å². The Hall–Kier alpha value is -0.720. The zero-order valence-corrected chi connectivity index (χ0v) is 13.2. The first-order chi connectivity index (χ1) is 8.47. The third-order valence-corrected chi connectivity index (χ3v) is 4.68. The molecule has 0 spiro atoms. The van der Waals surface area contributed by atoms with E-state index in [1.807, 2.05) is 0 Å². The molecule has 0 saturated heterocycles. The highest BCUT2D eigenvalue weighted by Crippen LogP contribution is 2.32. The van der Waals surface area contributed by atoms with Gasteiger partial charge in [0.15, 0.2) is 0 Å². The summed E-state index contributed by atoms with van der Waals surface area (Å²) in [6.45, 7) is 1.75. The van der Waals surface area contributed by atoms with Gasteiger partial charge in [0.2, 0.25) is 0 Å². The molecule has 1 amide bonds. The molecule has 0 fully saturated rings. The van der Waals surface area contributed by atoms with E-state index in [1.165, 1.54) is 23.5 Å². The minimum atomic E-state index is -0.315. The molecule has 0 atom stereocenters. The number of nitrogens with one attached hydrogen (secondary N) is 1. The molecular formula is C12H8Br2FNOS. The summed E-state index contributed by atoms with van der Waals surface area (Å²) in [6.07, 6.45) is 0. The third-order valence-electron chi connectivity index (χ3n) is 2.34. The third kappa shape index (κ3) is 2.99. The molecule has 18 heavy (non-hydrogen) atoms. The summed E-state index contributed by atoms with van der Waals surface area (Å²) in [4.78, 5) is 12.0. The number of hydrogen-bond donors (Lipinski definition) is 1. The van der Waals surface area contributed by atoms with Crippen molar-refractivity contribution in [3.63, 3.8) is 0 Å². The standard InChI is InChI=1S/C12H8Br2FNOS/c1-6-4-7(15)2-3-9(6)16-12(17)8-5-10(13)18-11(8)14/h2-5H,1H3,(H,16,17). The van der Waals surface area contributed by atoms with Gasteiger partial charge in [-0.1, -0.05) is 0 Å². The number of carbonyl (C=O) groups is 1. The molecule has 0 aliphatic carbocycles. The predicted octanol–water partition coefficient (Wildman–Crippen LogP) is 4.97. The van der Waals surface area contributed by atoms with Crippen LogP contribution in [0.2, 0.25) is 0 Å². The van der Waals surface area contributed by atoms with E-state index in [4.69, 9.17) is 0 Å². The van der Waals surface area contributed by atoms with E-state index < -0.39 is 0 Å². The number of rotatable bonds is 2. The minimum Gasteiger partial charge on any atom is -0.322 e. The fraction of sp³-hybridized carbons (Fsp3) is 0.0833. The molecule has 0 radical (unpaired) electrons. The molecule has 2 rings (SSSR count). The van der Waals surface area contributed by atoms with Crippen LogP contribution in [0.1, 0.15) is 15.9 Å². The molecule has 0 aliphatic heterocycles. The Balaban J connectivity index is 2.24. The van der Waals surface area contributed by atoms with Crippen molar-refractivity contribution in [1.29, 1.82) is 0 Å². The Morgan fingerprint density at radius 2 is 2.06 bits per heavy atom. The average molecular weight is 393 g/mol. The normalized spacial score (nSPS) is 10.4. The van der Waals surface area contributed by atoms with Gasteiger partial charge in [-0.2, -0.15) is 0 Å². The van der Waals surface area contributed by atoms with E-state index in [2.05, 4.69) is 37.2 Å². The van der Waals surface area contributed by atoms with Crippen molar-refractivity contribution < 1.29 is 9.18 Å². The maximum atomic E-state index is 13.0. The summed E-state index contributed by atoms with van der Waals surface area (Å²) in [7, 11) is 0. The predicted molar refractivity (Wildman–Crippen MR) is 78.8 cm³/mol. The van der Waals surface area contributed by atoms with Gasteiger partial charge < -0.3 is 5.32 Å². The first kappa shape index (κ1) is 13.7. The number of amides is 1. The van der Waals surface area contributed by atoms with Gasteiger partial charge in [-0.15, -0.1) is 11.3 Å². The molecular weight excluding hydrogens is 385 g/mol. The van der Waals surface area contributed by atoms with E-state index >= 15 is 0 Å². The van der Waals surface area contributed by atoms with E-state index in [1.54, 1.807) is 19.1 Å². The molecule has 0 unspecified atom stereocenters. The smallest absolute Gasteiger partial charge is 0.257 e. The van der Waals surface area contributed by atoms with Gasteiger partial charge in [0.25, 0.3) is 5.91 Å². The lowest BCUT2D eigenvalue weighted by Gasteiger charge is -2.07. The first-order valence-corrected chi connectivity index (χ1v) is 7.40. The zero-order valence-electron chi connectivity index (χ0n) is 9.26. The molecule has 94 valence electrons. The van der Waals surface area contributed by atoms with Crippen LogP contribution in [-0.2, 0) is 0 Å². The van der Waals surface area contributed by atoms with Crippen LogP contribution in [0.5, 0.6) is 0 Å². The van der Waals surface area contributed by atoms with Crippen LogP contribution in [0.15, 0.2) is 31.8 Å². The highest BCUT2D eigenvalue weighted by Gasteiger charge is 2.14. The number of benzene rings is 1. The molecule has 0 bridgehead atoms. The van der Waals surface area contributed by atoms with Gasteiger partial charge in [-0.3, -0.25) is 4.79 Å². The second-order valence-corrected chi connectivity index (χ2v) is 7.40. The number of halogens is 3. The van der Waals surface area contributed by atoms with E-state index in [0.717, 1.165) is 7.57 Å². The highest BCUT2D eigenvalue weighted by molar-refractivity contribution is 9.12. The largest absolute Gasteiger partial charge is 0.322 e. The second kappa shape index (κ2) is 5.50. The molecule has 1 aromatic heterocycles. The average Bonchev–Trinajstić information content (AvgIpc) is 2.62. The Labute approximate surface area is 124 Å². The fourth-order valence-corrected chi connectivity index (χ4v) is 4.25. The molecule has 2 aromatic rings. The van der Waals surface area contributed by atoms with Crippen molar-refractivity contribution in [2.75, 3.05) is 5.32 Å². The van der Waals surface area contributed by atoms with Crippen LogP contribution in [-0.4, -0.2) is 5.91 Å². The zero-order chi connectivity index (χ0) is 13.3. The van der Waals surface area contributed by atoms with Crippen molar-refractivity contribution in [1.82, 2.24) is 0 Å². The Bertz CT molecular complexity index is 612. The van der Waals surface area contributed by atoms with Crippen molar-refractivity contribution >= 4 is 54.8 Å². The van der Waals surface area contributed by atoms with Crippen LogP contribution < -0.4 is 5.32 Å². The van der Waals surface area contributed by atoms with E-state index in [0.29, 0.717) is 16.8 Å². The number of anilines is 1. The molecule has 1 heterocycles. The van der Waals surface area contributed by atoms with Gasteiger partial charge in [-0.05, 0) is 68.6 Å². The van der Waals surface area contributed by atoms with Gasteiger partial charge in [-0.25, -0.2) is 4.39 Å². The summed E-state index contributed by atoms with van der Waals surface area (Å²) in [5.74, 6) is -0.538. The Morgan fingerprint density at radius 3 is 2.61 bits per heavy atom. The van der Waals surface area contributed by atoms with Crippen LogP contribution in [0, 0.1) is 12.7 Å². The summed E-state index contributed by atoms with van der Waals surface area (Å²) in [5.41, 5.74) is 1.85. The second-order valence-electron chi connectivity index (χ2n) is 3.65. The highest BCUT2D eigenvalue weighted by atomic mass is 79.9. The van der Waals surface area contributed by atoms with Crippen molar-refractivity contribution in [3.05, 3.63) is 48.8 Å². The van der Waals surface area contributed by atoms with Gasteiger partial charge >= 0.3 is 0 Å². The Morgan fingerprint density at radius 1 is 1.33 bits per heavy atom. The number of hydrogen-bond acceptors (Lipinski definition) is 2. The topological polar surface area (TPSA) is 29.1 Å². The molecule has 1 N–H and O–H groups in total. The van der Waals surface area contributed by atoms with Crippen molar-refractivity contribution in [2.45, 2.75) is 6.92 Å². The monoisotopic (exact) mass is 391 g/mol. The number of aryl methyl sites for hydroxylation is 1. The lowest BCUT2D eigenvalue weighted by Crippen LogP contribution is -2.12. The van der Waals surface area contributed by atoms with Crippen LogP contribution in [0.25, 0.3) is 0 Å². The summed E-state index contributed by atoms with van der Waals surface area (Å²) in [5, 5.41) is 2.76. The summed E-state index contributed by atoms with van der Waals surface area (Å²) < 4.78 is 14.6. The SMILES string of the molecule is Cc1cc(F)ccc1NC(=O)c1cc(Br)sc1Br. The first-order valence-electron chi connectivity index (χ1n) is 4.99. The maximum absolute atomic E-state index is 13.0. The van der Waals surface area contributed by atoms with Crippen LogP contribution in [0.3, 0.4) is 0 Å². The lowest BCUT2D eigenvalue weighted by atomic mass is 10.2. The van der Waals surface area contributed by atoms with Crippen LogP contribution >= 0.6 is 43.2 Å². The van der Waals surface area contributed by atoms with Gasteiger partial charge in [0.1, 0.15) is 5.82 Å².